The molecule has 0 aliphatic carbocycles. The third-order valence-electron chi connectivity index (χ3n) is 6.00. The SMILES string of the molecule is CCOC(=O)C1=C(C)N=c2s/c(=C\c3ccc(N(C)C)c(Br)c3)c(=O)n2C1c1ccc(OC)cc1OC. The standard InChI is InChI=1S/C27H28BrN3O5S/c1-7-36-26(33)23-15(2)29-27-31(24(23)18-10-9-17(34-5)14-21(18)35-6)25(32)22(37-27)13-16-8-11-20(30(3)4)19(28)12-16/h8-14,24H,7H2,1-6H3/b22-13-. The van der Waals surface area contributed by atoms with Crippen LogP contribution in [0.3, 0.4) is 0 Å². The largest absolute Gasteiger partial charge is 0.497 e. The number of rotatable bonds is 7. The molecule has 1 aliphatic heterocycles. The molecule has 0 fully saturated rings. The third-order valence-corrected chi connectivity index (χ3v) is 7.62. The Balaban J connectivity index is 1.96. The number of ether oxygens (including phenoxy) is 3. The number of hydrogen-bond acceptors (Lipinski definition) is 8. The Labute approximate surface area is 227 Å². The minimum absolute atomic E-state index is 0.199. The van der Waals surface area contributed by atoms with Crippen molar-refractivity contribution in [1.82, 2.24) is 4.57 Å². The molecule has 1 aromatic heterocycles. The molecule has 2 aromatic carbocycles. The lowest BCUT2D eigenvalue weighted by Crippen LogP contribution is -2.40. The molecule has 0 spiro atoms. The summed E-state index contributed by atoms with van der Waals surface area (Å²) in [5.74, 6) is 0.556. The number of methoxy groups -OCH3 is 2. The van der Waals surface area contributed by atoms with Gasteiger partial charge in [0, 0.05) is 30.2 Å². The molecule has 37 heavy (non-hydrogen) atoms. The van der Waals surface area contributed by atoms with Crippen LogP contribution >= 0.6 is 27.3 Å². The van der Waals surface area contributed by atoms with Crippen LogP contribution in [0.15, 0.2) is 61.9 Å². The number of carbonyl (C=O) groups excluding carboxylic acids is 1. The summed E-state index contributed by atoms with van der Waals surface area (Å²) in [6, 6.07) is 10.4. The highest BCUT2D eigenvalue weighted by molar-refractivity contribution is 9.10. The van der Waals surface area contributed by atoms with Gasteiger partial charge in [0.2, 0.25) is 0 Å². The number of benzene rings is 2. The number of nitrogens with zero attached hydrogens (tertiary/aromatic N) is 3. The van der Waals surface area contributed by atoms with E-state index in [1.54, 1.807) is 43.7 Å². The lowest BCUT2D eigenvalue weighted by atomic mass is 9.95. The zero-order valence-corrected chi connectivity index (χ0v) is 23.9. The van der Waals surface area contributed by atoms with Gasteiger partial charge in [0.15, 0.2) is 4.80 Å². The minimum Gasteiger partial charge on any atom is -0.497 e. The summed E-state index contributed by atoms with van der Waals surface area (Å²) < 4.78 is 19.3. The summed E-state index contributed by atoms with van der Waals surface area (Å²) in [6.45, 7) is 3.69. The number of halogens is 1. The molecule has 1 unspecified atom stereocenters. The Bertz CT molecular complexity index is 1570. The highest BCUT2D eigenvalue weighted by Gasteiger charge is 2.35. The Morgan fingerprint density at radius 2 is 1.95 bits per heavy atom. The third kappa shape index (κ3) is 5.08. The van der Waals surface area contributed by atoms with E-state index >= 15 is 0 Å². The number of carbonyl (C=O) groups is 1. The molecule has 4 rings (SSSR count). The van der Waals surface area contributed by atoms with E-state index in [0.29, 0.717) is 37.7 Å². The number of hydrogen-bond donors (Lipinski definition) is 0. The molecule has 0 bridgehead atoms. The van der Waals surface area contributed by atoms with Crippen LogP contribution in [0.4, 0.5) is 5.69 Å². The normalized spacial score (nSPS) is 15.2. The maximum absolute atomic E-state index is 13.8. The number of anilines is 1. The van der Waals surface area contributed by atoms with Gasteiger partial charge in [0.1, 0.15) is 17.5 Å². The van der Waals surface area contributed by atoms with E-state index < -0.39 is 12.0 Å². The van der Waals surface area contributed by atoms with Gasteiger partial charge in [-0.15, -0.1) is 0 Å². The van der Waals surface area contributed by atoms with Crippen LogP contribution in [0, 0.1) is 0 Å². The highest BCUT2D eigenvalue weighted by atomic mass is 79.9. The van der Waals surface area contributed by atoms with Crippen molar-refractivity contribution in [3.63, 3.8) is 0 Å². The molecule has 0 N–H and O–H groups in total. The first kappa shape index (κ1) is 26.7. The Morgan fingerprint density at radius 3 is 2.57 bits per heavy atom. The maximum Gasteiger partial charge on any atom is 0.338 e. The molecule has 8 nitrogen and oxygen atoms in total. The van der Waals surface area contributed by atoms with Crippen LogP contribution in [-0.4, -0.2) is 45.5 Å². The number of aromatic nitrogens is 1. The first-order chi connectivity index (χ1) is 17.7. The number of thiazole rings is 1. The fourth-order valence-electron chi connectivity index (χ4n) is 4.26. The molecule has 0 saturated carbocycles. The predicted octanol–water partition coefficient (Wildman–Crippen LogP) is 3.64. The molecule has 2 heterocycles. The summed E-state index contributed by atoms with van der Waals surface area (Å²) >= 11 is 4.88. The second-order valence-electron chi connectivity index (χ2n) is 8.52. The van der Waals surface area contributed by atoms with Gasteiger partial charge in [0.05, 0.1) is 42.3 Å². The van der Waals surface area contributed by atoms with Crippen molar-refractivity contribution in [2.75, 3.05) is 39.8 Å². The van der Waals surface area contributed by atoms with Crippen molar-refractivity contribution in [3.05, 3.63) is 83.0 Å². The van der Waals surface area contributed by atoms with Gasteiger partial charge < -0.3 is 19.1 Å². The predicted molar refractivity (Wildman–Crippen MR) is 148 cm³/mol. The fraction of sp³-hybridized carbons (Fsp3) is 0.296. The molecule has 194 valence electrons. The Hall–Kier alpha value is -3.37. The van der Waals surface area contributed by atoms with E-state index in [9.17, 15) is 9.59 Å². The molecular formula is C27H28BrN3O5S. The summed E-state index contributed by atoms with van der Waals surface area (Å²) in [6.07, 6.45) is 1.83. The first-order valence-electron chi connectivity index (χ1n) is 11.6. The summed E-state index contributed by atoms with van der Waals surface area (Å²) in [4.78, 5) is 34.1. The molecule has 1 aliphatic rings. The van der Waals surface area contributed by atoms with Crippen molar-refractivity contribution < 1.29 is 19.0 Å². The van der Waals surface area contributed by atoms with Crippen LogP contribution in [0.1, 0.15) is 31.0 Å². The molecule has 1 atom stereocenters. The van der Waals surface area contributed by atoms with Crippen molar-refractivity contribution in [1.29, 1.82) is 0 Å². The molecule has 10 heteroatoms. The Morgan fingerprint density at radius 1 is 1.19 bits per heavy atom. The monoisotopic (exact) mass is 585 g/mol. The van der Waals surface area contributed by atoms with Crippen molar-refractivity contribution >= 4 is 45.0 Å². The average molecular weight is 587 g/mol. The van der Waals surface area contributed by atoms with E-state index in [1.165, 1.54) is 18.4 Å². The molecule has 0 amide bonds. The van der Waals surface area contributed by atoms with E-state index in [2.05, 4.69) is 20.9 Å². The molecule has 0 saturated heterocycles. The van der Waals surface area contributed by atoms with Crippen LogP contribution < -0.4 is 29.3 Å². The lowest BCUT2D eigenvalue weighted by molar-refractivity contribution is -0.139. The molecular weight excluding hydrogens is 558 g/mol. The second-order valence-corrected chi connectivity index (χ2v) is 10.4. The maximum atomic E-state index is 13.8. The summed E-state index contributed by atoms with van der Waals surface area (Å²) in [7, 11) is 7.04. The van der Waals surface area contributed by atoms with Crippen molar-refractivity contribution in [2.45, 2.75) is 19.9 Å². The second kappa shape index (κ2) is 10.9. The van der Waals surface area contributed by atoms with Gasteiger partial charge in [0.25, 0.3) is 5.56 Å². The molecule has 0 radical (unpaired) electrons. The van der Waals surface area contributed by atoms with E-state index in [4.69, 9.17) is 14.2 Å². The van der Waals surface area contributed by atoms with Crippen LogP contribution in [-0.2, 0) is 9.53 Å². The summed E-state index contributed by atoms with van der Waals surface area (Å²) in [5, 5.41) is 0. The van der Waals surface area contributed by atoms with Gasteiger partial charge >= 0.3 is 5.97 Å². The zero-order valence-electron chi connectivity index (χ0n) is 21.5. The number of fused-ring (bicyclic) bond motifs is 1. The van der Waals surface area contributed by atoms with E-state index in [0.717, 1.165) is 15.7 Å². The minimum atomic E-state index is -0.777. The van der Waals surface area contributed by atoms with Crippen LogP contribution in [0.5, 0.6) is 11.5 Å². The average Bonchev–Trinajstić information content (AvgIpc) is 3.16. The van der Waals surface area contributed by atoms with Crippen molar-refractivity contribution in [2.24, 2.45) is 4.99 Å². The quantitative estimate of drug-likeness (QED) is 0.394. The Kier molecular flexibility index (Phi) is 7.89. The topological polar surface area (TPSA) is 82.4 Å². The summed E-state index contributed by atoms with van der Waals surface area (Å²) in [5.41, 5.74) is 3.05. The van der Waals surface area contributed by atoms with Gasteiger partial charge in [-0.2, -0.15) is 0 Å². The van der Waals surface area contributed by atoms with Crippen LogP contribution in [0.25, 0.3) is 6.08 Å². The van der Waals surface area contributed by atoms with Crippen LogP contribution in [0.2, 0.25) is 0 Å². The van der Waals surface area contributed by atoms with Gasteiger partial charge in [-0.25, -0.2) is 9.79 Å². The van der Waals surface area contributed by atoms with Crippen molar-refractivity contribution in [3.8, 4) is 11.5 Å². The highest BCUT2D eigenvalue weighted by Crippen LogP contribution is 2.37. The van der Waals surface area contributed by atoms with E-state index in [-0.39, 0.29) is 12.2 Å². The first-order valence-corrected chi connectivity index (χ1v) is 13.2. The van der Waals surface area contributed by atoms with Gasteiger partial charge in [-0.1, -0.05) is 17.4 Å². The zero-order chi connectivity index (χ0) is 26.9. The fourth-order valence-corrected chi connectivity index (χ4v) is 6.05. The number of esters is 1. The molecule has 3 aromatic rings. The smallest absolute Gasteiger partial charge is 0.338 e. The van der Waals surface area contributed by atoms with E-state index in [1.807, 2.05) is 43.3 Å². The lowest BCUT2D eigenvalue weighted by Gasteiger charge is -2.26. The number of allylic oxidation sites excluding steroid dienone is 1. The van der Waals surface area contributed by atoms with Gasteiger partial charge in [-0.05, 0) is 65.7 Å². The van der Waals surface area contributed by atoms with Gasteiger partial charge in [-0.3, -0.25) is 9.36 Å².